The van der Waals surface area contributed by atoms with Crippen molar-refractivity contribution in [1.82, 2.24) is 9.55 Å². The van der Waals surface area contributed by atoms with Gasteiger partial charge in [-0.05, 0) is 30.3 Å². The molecular weight excluding hydrogens is 424 g/mol. The van der Waals surface area contributed by atoms with E-state index in [-0.39, 0.29) is 28.6 Å². The van der Waals surface area contributed by atoms with E-state index < -0.39 is 0 Å². The lowest BCUT2D eigenvalue weighted by atomic mass is 10.1. The molecule has 0 unspecified atom stereocenters. The number of ether oxygens (including phenoxy) is 1. The maximum atomic E-state index is 13.1. The minimum atomic E-state index is -0.275. The number of hydrogen-bond donors (Lipinski definition) is 1. The number of carbonyl (C=O) groups is 1. The van der Waals surface area contributed by atoms with Gasteiger partial charge in [0.25, 0.3) is 5.56 Å². The Morgan fingerprint density at radius 3 is 2.38 bits per heavy atom. The topological polar surface area (TPSA) is 81.4 Å². The van der Waals surface area contributed by atoms with Crippen molar-refractivity contribution in [1.29, 1.82) is 0 Å². The number of rotatable bonds is 7. The first-order valence-electron chi connectivity index (χ1n) is 9.85. The molecule has 7 heteroatoms. The van der Waals surface area contributed by atoms with Gasteiger partial charge in [-0.2, -0.15) is 0 Å². The molecule has 0 aliphatic carbocycles. The predicted molar refractivity (Wildman–Crippen MR) is 125 cm³/mol. The van der Waals surface area contributed by atoms with Crippen LogP contribution in [0.15, 0.2) is 94.9 Å². The summed E-state index contributed by atoms with van der Waals surface area (Å²) >= 11 is 1.20. The second-order valence-corrected chi connectivity index (χ2v) is 7.84. The number of ketones is 1. The van der Waals surface area contributed by atoms with Crippen molar-refractivity contribution < 1.29 is 14.6 Å². The van der Waals surface area contributed by atoms with E-state index in [1.165, 1.54) is 35.6 Å². The summed E-state index contributed by atoms with van der Waals surface area (Å²) in [6.45, 7) is 0. The van der Waals surface area contributed by atoms with Crippen molar-refractivity contribution >= 4 is 17.5 Å². The molecule has 0 spiro atoms. The van der Waals surface area contributed by atoms with E-state index in [0.29, 0.717) is 27.7 Å². The molecule has 0 aliphatic heterocycles. The second-order valence-electron chi connectivity index (χ2n) is 6.90. The Morgan fingerprint density at radius 2 is 1.69 bits per heavy atom. The fourth-order valence-corrected chi connectivity index (χ4v) is 4.11. The van der Waals surface area contributed by atoms with Crippen molar-refractivity contribution in [3.8, 4) is 28.4 Å². The summed E-state index contributed by atoms with van der Waals surface area (Å²) in [4.78, 5) is 30.4. The largest absolute Gasteiger partial charge is 0.504 e. The third-order valence-electron chi connectivity index (χ3n) is 4.81. The third kappa shape index (κ3) is 4.58. The van der Waals surface area contributed by atoms with E-state index in [4.69, 9.17) is 4.74 Å². The smallest absolute Gasteiger partial charge is 0.259 e. The van der Waals surface area contributed by atoms with Crippen LogP contribution in [-0.4, -0.2) is 33.3 Å². The molecular formula is C25H20N2O4S. The van der Waals surface area contributed by atoms with Gasteiger partial charge in [0.2, 0.25) is 0 Å². The molecule has 32 heavy (non-hydrogen) atoms. The van der Waals surface area contributed by atoms with Gasteiger partial charge in [-0.1, -0.05) is 60.3 Å². The van der Waals surface area contributed by atoms with Crippen LogP contribution in [0, 0.1) is 0 Å². The van der Waals surface area contributed by atoms with Gasteiger partial charge in [0.1, 0.15) is 0 Å². The fraction of sp³-hybridized carbons (Fsp3) is 0.0800. The lowest BCUT2D eigenvalue weighted by Gasteiger charge is -2.14. The van der Waals surface area contributed by atoms with Gasteiger partial charge in [0, 0.05) is 17.2 Å². The van der Waals surface area contributed by atoms with E-state index in [9.17, 15) is 14.7 Å². The summed E-state index contributed by atoms with van der Waals surface area (Å²) in [6, 6.07) is 24.4. The first kappa shape index (κ1) is 21.4. The molecule has 4 rings (SSSR count). The van der Waals surface area contributed by atoms with Crippen molar-refractivity contribution in [3.63, 3.8) is 0 Å². The number of hydrogen-bond acceptors (Lipinski definition) is 6. The Balaban J connectivity index is 1.76. The van der Waals surface area contributed by atoms with Crippen LogP contribution >= 0.6 is 11.8 Å². The molecule has 0 radical (unpaired) electrons. The molecule has 1 aromatic heterocycles. The summed E-state index contributed by atoms with van der Waals surface area (Å²) in [5, 5.41) is 10.3. The first-order chi connectivity index (χ1) is 15.6. The monoisotopic (exact) mass is 444 g/mol. The normalized spacial score (nSPS) is 10.7. The van der Waals surface area contributed by atoms with E-state index in [2.05, 4.69) is 4.98 Å². The van der Waals surface area contributed by atoms with E-state index in [0.717, 1.165) is 0 Å². The van der Waals surface area contributed by atoms with E-state index in [1.54, 1.807) is 24.3 Å². The summed E-state index contributed by atoms with van der Waals surface area (Å²) in [5.41, 5.74) is 2.04. The third-order valence-corrected chi connectivity index (χ3v) is 5.74. The lowest BCUT2D eigenvalue weighted by Crippen LogP contribution is -2.21. The highest BCUT2D eigenvalue weighted by atomic mass is 32.2. The highest BCUT2D eigenvalue weighted by Crippen LogP contribution is 2.31. The van der Waals surface area contributed by atoms with Crippen molar-refractivity contribution in [2.45, 2.75) is 5.16 Å². The van der Waals surface area contributed by atoms with E-state index >= 15 is 0 Å². The van der Waals surface area contributed by atoms with Crippen molar-refractivity contribution in [3.05, 3.63) is 101 Å². The minimum absolute atomic E-state index is 0.00284. The predicted octanol–water partition coefficient (Wildman–Crippen LogP) is 4.59. The SMILES string of the molecule is COc1cc(-c2cc(=O)n(-c3ccccc3)c(SCC(=O)c3ccccc3)n2)ccc1O. The number of phenolic OH excluding ortho intramolecular Hbond substituents is 1. The Hall–Kier alpha value is -3.84. The van der Waals surface area contributed by atoms with Crippen LogP contribution in [0.2, 0.25) is 0 Å². The zero-order chi connectivity index (χ0) is 22.5. The van der Waals surface area contributed by atoms with Crippen LogP contribution in [-0.2, 0) is 0 Å². The molecule has 3 aromatic carbocycles. The van der Waals surface area contributed by atoms with Gasteiger partial charge in [-0.3, -0.25) is 14.2 Å². The molecule has 0 amide bonds. The van der Waals surface area contributed by atoms with Gasteiger partial charge < -0.3 is 9.84 Å². The molecule has 6 nitrogen and oxygen atoms in total. The molecule has 160 valence electrons. The van der Waals surface area contributed by atoms with Crippen molar-refractivity contribution in [2.24, 2.45) is 0 Å². The lowest BCUT2D eigenvalue weighted by molar-refractivity contribution is 0.102. The number of aromatic nitrogens is 2. The molecule has 0 saturated heterocycles. The summed E-state index contributed by atoms with van der Waals surface area (Å²) < 4.78 is 6.67. The van der Waals surface area contributed by atoms with Gasteiger partial charge >= 0.3 is 0 Å². The molecule has 0 aliphatic rings. The fourth-order valence-electron chi connectivity index (χ4n) is 3.19. The number of benzene rings is 3. The zero-order valence-corrected chi connectivity index (χ0v) is 18.1. The van der Waals surface area contributed by atoms with Crippen LogP contribution < -0.4 is 10.3 Å². The van der Waals surface area contributed by atoms with Gasteiger partial charge in [-0.25, -0.2) is 4.98 Å². The average Bonchev–Trinajstić information content (AvgIpc) is 2.83. The van der Waals surface area contributed by atoms with Crippen LogP contribution in [0.4, 0.5) is 0 Å². The molecule has 0 atom stereocenters. The number of aromatic hydroxyl groups is 1. The molecule has 4 aromatic rings. The number of thioether (sulfide) groups is 1. The van der Waals surface area contributed by atoms with Gasteiger partial charge in [0.05, 0.1) is 24.2 Å². The van der Waals surface area contributed by atoms with Crippen molar-refractivity contribution in [2.75, 3.05) is 12.9 Å². The maximum Gasteiger partial charge on any atom is 0.259 e. The number of nitrogens with zero attached hydrogens (tertiary/aromatic N) is 2. The number of carbonyl (C=O) groups excluding carboxylic acids is 1. The quantitative estimate of drug-likeness (QED) is 0.255. The average molecular weight is 445 g/mol. The molecule has 0 fully saturated rings. The number of Topliss-reactive ketones (excluding diaryl/α,β-unsaturated/α-hetero) is 1. The molecule has 0 bridgehead atoms. The van der Waals surface area contributed by atoms with Gasteiger partial charge in [-0.15, -0.1) is 0 Å². The Labute approximate surface area is 189 Å². The first-order valence-corrected chi connectivity index (χ1v) is 10.8. The zero-order valence-electron chi connectivity index (χ0n) is 17.3. The standard InChI is InChI=1S/C25H20N2O4S/c1-31-23-14-18(12-13-21(23)28)20-15-24(30)27(19-10-6-3-7-11-19)25(26-20)32-16-22(29)17-8-4-2-5-9-17/h2-15,28H,16H2,1H3. The Morgan fingerprint density at radius 1 is 1.00 bits per heavy atom. The van der Waals surface area contributed by atoms with Crippen LogP contribution in [0.3, 0.4) is 0 Å². The number of methoxy groups -OCH3 is 1. The maximum absolute atomic E-state index is 13.1. The van der Waals surface area contributed by atoms with Crippen LogP contribution in [0.5, 0.6) is 11.5 Å². The number of phenols is 1. The van der Waals surface area contributed by atoms with Gasteiger partial charge in [0.15, 0.2) is 22.4 Å². The number of para-hydroxylation sites is 1. The summed E-state index contributed by atoms with van der Waals surface area (Å²) in [5.74, 6) is 0.356. The highest BCUT2D eigenvalue weighted by molar-refractivity contribution is 7.99. The summed E-state index contributed by atoms with van der Waals surface area (Å²) in [7, 11) is 1.45. The highest BCUT2D eigenvalue weighted by Gasteiger charge is 2.16. The summed E-state index contributed by atoms with van der Waals surface area (Å²) in [6.07, 6.45) is 0. The Kier molecular flexibility index (Phi) is 6.37. The molecule has 1 heterocycles. The van der Waals surface area contributed by atoms with Crippen LogP contribution in [0.1, 0.15) is 10.4 Å². The van der Waals surface area contributed by atoms with E-state index in [1.807, 2.05) is 48.5 Å². The molecule has 0 saturated carbocycles. The minimum Gasteiger partial charge on any atom is -0.504 e. The second kappa shape index (κ2) is 9.53. The Bertz CT molecular complexity index is 1300. The molecule has 1 N–H and O–H groups in total. The van der Waals surface area contributed by atoms with Crippen LogP contribution in [0.25, 0.3) is 16.9 Å².